The quantitative estimate of drug-likeness (QED) is 0.433. The Morgan fingerprint density at radius 1 is 0.909 bits per heavy atom. The Morgan fingerprint density at radius 2 is 1.64 bits per heavy atom. The van der Waals surface area contributed by atoms with Crippen LogP contribution in [-0.2, 0) is 13.1 Å². The molecule has 4 aromatic heterocycles. The van der Waals surface area contributed by atoms with Crippen molar-refractivity contribution in [2.45, 2.75) is 39.0 Å². The molecule has 1 aliphatic heterocycles. The molecule has 1 N–H and O–H groups in total. The van der Waals surface area contributed by atoms with E-state index >= 15 is 0 Å². The van der Waals surface area contributed by atoms with Crippen molar-refractivity contribution in [3.8, 4) is 0 Å². The number of rotatable bonds is 6. The molecule has 0 bridgehead atoms. The zero-order valence-corrected chi connectivity index (χ0v) is 19.5. The maximum absolute atomic E-state index is 5.83. The highest BCUT2D eigenvalue weighted by atomic mass is 32.1. The van der Waals surface area contributed by atoms with E-state index in [0.29, 0.717) is 6.54 Å². The minimum atomic E-state index is -0.0392. The van der Waals surface area contributed by atoms with Gasteiger partial charge < -0.3 is 14.8 Å². The molecule has 1 saturated heterocycles. The van der Waals surface area contributed by atoms with Crippen LogP contribution in [-0.4, -0.2) is 29.5 Å². The predicted octanol–water partition coefficient (Wildman–Crippen LogP) is 4.51. The van der Waals surface area contributed by atoms with Crippen LogP contribution in [0.3, 0.4) is 0 Å². The molecule has 0 aliphatic carbocycles. The topological polar surface area (TPSA) is 58.9 Å². The minimum Gasteiger partial charge on any atom is -0.352 e. The van der Waals surface area contributed by atoms with Gasteiger partial charge in [-0.1, -0.05) is 18.2 Å². The summed E-state index contributed by atoms with van der Waals surface area (Å²) in [7, 11) is 0. The molecule has 0 spiro atoms. The summed E-state index contributed by atoms with van der Waals surface area (Å²) in [5.74, 6) is 0. The van der Waals surface area contributed by atoms with Gasteiger partial charge >= 0.3 is 0 Å². The lowest BCUT2D eigenvalue weighted by atomic mass is 9.96. The number of hydrogen-bond acceptors (Lipinski definition) is 4. The molecule has 2 atom stereocenters. The van der Waals surface area contributed by atoms with Gasteiger partial charge in [-0.3, -0.25) is 15.0 Å². The number of nitrogens with one attached hydrogen (secondary N) is 1. The van der Waals surface area contributed by atoms with Crippen LogP contribution in [0.15, 0.2) is 79.5 Å². The first-order valence-corrected chi connectivity index (χ1v) is 11.4. The number of nitrogens with zero attached hydrogens (tertiary/aromatic N) is 5. The highest BCUT2D eigenvalue weighted by Crippen LogP contribution is 2.41. The lowest BCUT2D eigenvalue weighted by Crippen LogP contribution is -2.29. The average Bonchev–Trinajstić information content (AvgIpc) is 3.31. The van der Waals surface area contributed by atoms with Gasteiger partial charge in [0.15, 0.2) is 5.11 Å². The minimum absolute atomic E-state index is 0.0152. The molecule has 1 fully saturated rings. The molecule has 1 aliphatic rings. The Hall–Kier alpha value is -3.58. The summed E-state index contributed by atoms with van der Waals surface area (Å²) >= 11 is 5.83. The maximum atomic E-state index is 5.83. The summed E-state index contributed by atoms with van der Waals surface area (Å²) in [5.41, 5.74) is 6.98. The second kappa shape index (κ2) is 9.11. The molecule has 0 amide bonds. The lowest BCUT2D eigenvalue weighted by Gasteiger charge is -2.28. The molecule has 5 rings (SSSR count). The summed E-state index contributed by atoms with van der Waals surface area (Å²) in [6.45, 7) is 5.82. The van der Waals surface area contributed by atoms with Crippen LogP contribution in [0, 0.1) is 13.8 Å². The number of pyridine rings is 3. The lowest BCUT2D eigenvalue weighted by molar-refractivity contribution is 0.309. The van der Waals surface area contributed by atoms with E-state index < -0.39 is 0 Å². The van der Waals surface area contributed by atoms with Crippen LogP contribution in [0.5, 0.6) is 0 Å². The Balaban J connectivity index is 1.56. The van der Waals surface area contributed by atoms with Crippen LogP contribution in [0.2, 0.25) is 0 Å². The van der Waals surface area contributed by atoms with Crippen molar-refractivity contribution in [1.29, 1.82) is 0 Å². The summed E-state index contributed by atoms with van der Waals surface area (Å²) in [5, 5.41) is 4.28. The van der Waals surface area contributed by atoms with Gasteiger partial charge in [-0.25, -0.2) is 0 Å². The second-order valence-electron chi connectivity index (χ2n) is 8.39. The van der Waals surface area contributed by atoms with E-state index in [4.69, 9.17) is 12.2 Å². The van der Waals surface area contributed by atoms with Crippen molar-refractivity contribution in [1.82, 2.24) is 29.7 Å². The zero-order chi connectivity index (χ0) is 22.8. The maximum Gasteiger partial charge on any atom is 0.170 e. The van der Waals surface area contributed by atoms with Crippen molar-refractivity contribution in [2.75, 3.05) is 0 Å². The fourth-order valence-corrected chi connectivity index (χ4v) is 4.95. The molecule has 166 valence electrons. The standard InChI is InChI=1S/C26H26N6S/c1-18-13-22(19(2)31(18)16-20-7-5-10-27-14-20)25-24(23-9-3-4-12-29-23)30-26(33)32(25)17-21-8-6-11-28-15-21/h3-15,24-25H,16-17H2,1-2H3,(H,30,33). The van der Waals surface area contributed by atoms with Crippen molar-refractivity contribution < 1.29 is 0 Å². The van der Waals surface area contributed by atoms with Crippen LogP contribution in [0.1, 0.15) is 45.9 Å². The summed E-state index contributed by atoms with van der Waals surface area (Å²) < 4.78 is 2.35. The van der Waals surface area contributed by atoms with Gasteiger partial charge in [-0.2, -0.15) is 0 Å². The zero-order valence-electron chi connectivity index (χ0n) is 18.7. The van der Waals surface area contributed by atoms with E-state index in [0.717, 1.165) is 22.9 Å². The van der Waals surface area contributed by atoms with Gasteiger partial charge in [-0.15, -0.1) is 0 Å². The Bertz CT molecular complexity index is 1240. The van der Waals surface area contributed by atoms with E-state index in [2.05, 4.69) is 67.8 Å². The summed E-state index contributed by atoms with van der Waals surface area (Å²) in [6.07, 6.45) is 9.27. The molecular formula is C26H26N6S. The van der Waals surface area contributed by atoms with Crippen molar-refractivity contribution in [2.24, 2.45) is 0 Å². The number of thiocarbonyl (C=S) groups is 1. The Kier molecular flexibility index (Phi) is 5.88. The molecule has 7 heteroatoms. The van der Waals surface area contributed by atoms with Crippen LogP contribution in [0.25, 0.3) is 0 Å². The fraction of sp³-hybridized carbons (Fsp3) is 0.231. The van der Waals surface area contributed by atoms with Crippen LogP contribution in [0.4, 0.5) is 0 Å². The molecule has 0 radical (unpaired) electrons. The predicted molar refractivity (Wildman–Crippen MR) is 132 cm³/mol. The number of aromatic nitrogens is 4. The van der Waals surface area contributed by atoms with Gasteiger partial charge in [0.05, 0.1) is 17.8 Å². The summed E-state index contributed by atoms with van der Waals surface area (Å²) in [6, 6.07) is 16.5. The SMILES string of the molecule is Cc1cc(C2C(c3ccccn3)NC(=S)N2Cc2cccnc2)c(C)n1Cc1cccnc1. The molecule has 6 nitrogen and oxygen atoms in total. The van der Waals surface area contributed by atoms with Crippen molar-refractivity contribution in [3.63, 3.8) is 0 Å². The Morgan fingerprint density at radius 3 is 2.27 bits per heavy atom. The molecule has 0 aromatic carbocycles. The van der Waals surface area contributed by atoms with E-state index in [1.165, 1.54) is 22.5 Å². The first kappa shape index (κ1) is 21.3. The van der Waals surface area contributed by atoms with Gasteiger partial charge in [-0.05, 0) is 73.1 Å². The average molecular weight is 455 g/mol. The second-order valence-corrected chi connectivity index (χ2v) is 8.78. The van der Waals surface area contributed by atoms with E-state index in [1.54, 1.807) is 6.20 Å². The van der Waals surface area contributed by atoms with E-state index in [-0.39, 0.29) is 12.1 Å². The third-order valence-corrected chi connectivity index (χ3v) is 6.62. The smallest absolute Gasteiger partial charge is 0.170 e. The highest BCUT2D eigenvalue weighted by molar-refractivity contribution is 7.80. The van der Waals surface area contributed by atoms with Crippen LogP contribution < -0.4 is 5.32 Å². The molecule has 2 unspecified atom stereocenters. The third kappa shape index (κ3) is 4.24. The first-order chi connectivity index (χ1) is 16.1. The van der Waals surface area contributed by atoms with Gasteiger partial charge in [0.25, 0.3) is 0 Å². The number of hydrogen-bond donors (Lipinski definition) is 1. The number of aryl methyl sites for hydroxylation is 1. The largest absolute Gasteiger partial charge is 0.352 e. The van der Waals surface area contributed by atoms with Crippen molar-refractivity contribution in [3.05, 3.63) is 113 Å². The molecule has 4 aromatic rings. The molecular weight excluding hydrogens is 428 g/mol. The van der Waals surface area contributed by atoms with E-state index in [9.17, 15) is 0 Å². The van der Waals surface area contributed by atoms with Crippen molar-refractivity contribution >= 4 is 17.3 Å². The first-order valence-electron chi connectivity index (χ1n) is 11.0. The normalized spacial score (nSPS) is 17.9. The fourth-order valence-electron chi connectivity index (χ4n) is 4.65. The summed E-state index contributed by atoms with van der Waals surface area (Å²) in [4.78, 5) is 15.5. The molecule has 5 heterocycles. The molecule has 0 saturated carbocycles. The monoisotopic (exact) mass is 454 g/mol. The van der Waals surface area contributed by atoms with Gasteiger partial charge in [0, 0.05) is 55.5 Å². The Labute approximate surface area is 199 Å². The van der Waals surface area contributed by atoms with E-state index in [1.807, 2.05) is 49.1 Å². The van der Waals surface area contributed by atoms with Gasteiger partial charge in [0.1, 0.15) is 0 Å². The highest BCUT2D eigenvalue weighted by Gasteiger charge is 2.41. The molecule has 33 heavy (non-hydrogen) atoms. The van der Waals surface area contributed by atoms with Crippen LogP contribution >= 0.6 is 12.2 Å². The third-order valence-electron chi connectivity index (χ3n) is 6.27. The van der Waals surface area contributed by atoms with Gasteiger partial charge in [0.2, 0.25) is 0 Å².